The van der Waals surface area contributed by atoms with Crippen molar-refractivity contribution in [2.24, 2.45) is 5.92 Å². The Balaban J connectivity index is 2.02. The van der Waals surface area contributed by atoms with Gasteiger partial charge in [0.15, 0.2) is 6.61 Å². The number of rotatable bonds is 6. The maximum Gasteiger partial charge on any atom is 0.338 e. The van der Waals surface area contributed by atoms with Crippen LogP contribution in [0.2, 0.25) is 0 Å². The summed E-state index contributed by atoms with van der Waals surface area (Å²) in [7, 11) is -3.36. The number of esters is 1. The predicted molar refractivity (Wildman–Crippen MR) is 99.6 cm³/mol. The number of sulfonamides is 1. The molecule has 0 fully saturated rings. The highest BCUT2D eigenvalue weighted by molar-refractivity contribution is 7.92. The van der Waals surface area contributed by atoms with Gasteiger partial charge in [0, 0.05) is 6.54 Å². The number of ether oxygens (including phenoxy) is 1. The monoisotopic (exact) mass is 393 g/mol. The molecule has 9 heteroatoms. The molecular weight excluding hydrogens is 370 g/mol. The molecule has 0 aromatic heterocycles. The number of carbonyl (C=O) groups excluding carboxylic acids is 2. The Hall–Kier alpha value is -2.60. The molecule has 8 nitrogen and oxygen atoms in total. The van der Waals surface area contributed by atoms with E-state index in [0.717, 1.165) is 11.8 Å². The molecule has 1 aliphatic rings. The van der Waals surface area contributed by atoms with E-state index in [-0.39, 0.29) is 11.5 Å². The molecule has 0 bridgehead atoms. The first-order valence-corrected chi connectivity index (χ1v) is 10.3. The molecule has 1 atom stereocenters. The van der Waals surface area contributed by atoms with Gasteiger partial charge in [-0.2, -0.15) is 5.26 Å². The molecule has 1 aromatic carbocycles. The SMILES string of the molecule is CC(C)[C@@](C)(C#N)NC(=O)COC(=O)c1ccc2c(c1)CCN2S(C)(=O)=O. The predicted octanol–water partition coefficient (Wildman–Crippen LogP) is 1.22. The Morgan fingerprint density at radius 1 is 1.41 bits per heavy atom. The largest absolute Gasteiger partial charge is 0.452 e. The van der Waals surface area contributed by atoms with Crippen LogP contribution in [0.1, 0.15) is 36.7 Å². The van der Waals surface area contributed by atoms with E-state index >= 15 is 0 Å². The fourth-order valence-electron chi connectivity index (χ4n) is 2.68. The van der Waals surface area contributed by atoms with E-state index in [1.807, 2.05) is 6.07 Å². The van der Waals surface area contributed by atoms with Crippen LogP contribution in [0.25, 0.3) is 0 Å². The third kappa shape index (κ3) is 4.57. The lowest BCUT2D eigenvalue weighted by molar-refractivity contribution is -0.125. The highest BCUT2D eigenvalue weighted by Gasteiger charge is 2.30. The van der Waals surface area contributed by atoms with E-state index in [0.29, 0.717) is 18.7 Å². The zero-order chi connectivity index (χ0) is 20.4. The first-order valence-electron chi connectivity index (χ1n) is 8.48. The van der Waals surface area contributed by atoms with E-state index in [2.05, 4.69) is 5.32 Å². The number of nitrogens with zero attached hydrogens (tertiary/aromatic N) is 2. The van der Waals surface area contributed by atoms with E-state index in [1.165, 1.54) is 10.4 Å². The van der Waals surface area contributed by atoms with Crippen LogP contribution >= 0.6 is 0 Å². The number of fused-ring (bicyclic) bond motifs is 1. The fraction of sp³-hybridized carbons (Fsp3) is 0.500. The van der Waals surface area contributed by atoms with Gasteiger partial charge in [-0.15, -0.1) is 0 Å². The summed E-state index contributed by atoms with van der Waals surface area (Å²) in [5.74, 6) is -1.36. The number of hydrogen-bond donors (Lipinski definition) is 1. The average Bonchev–Trinajstić information content (AvgIpc) is 3.02. The Morgan fingerprint density at radius 2 is 2.07 bits per heavy atom. The van der Waals surface area contributed by atoms with Crippen LogP contribution in [0.4, 0.5) is 5.69 Å². The summed E-state index contributed by atoms with van der Waals surface area (Å²) in [4.78, 5) is 24.2. The molecule has 0 saturated carbocycles. The number of nitrogens with one attached hydrogen (secondary N) is 1. The number of benzene rings is 1. The summed E-state index contributed by atoms with van der Waals surface area (Å²) in [6, 6.07) is 6.65. The zero-order valence-electron chi connectivity index (χ0n) is 15.8. The lowest BCUT2D eigenvalue weighted by Crippen LogP contribution is -2.50. The first-order chi connectivity index (χ1) is 12.5. The number of anilines is 1. The summed E-state index contributed by atoms with van der Waals surface area (Å²) in [6.07, 6.45) is 1.63. The normalized spacial score (nSPS) is 15.6. The van der Waals surface area contributed by atoms with E-state index in [9.17, 15) is 23.3 Å². The first kappa shape index (κ1) is 20.7. The molecule has 0 unspecified atom stereocenters. The Labute approximate surface area is 159 Å². The number of hydrogen-bond acceptors (Lipinski definition) is 6. The Bertz CT molecular complexity index is 904. The van der Waals surface area contributed by atoms with Crippen LogP contribution < -0.4 is 9.62 Å². The van der Waals surface area contributed by atoms with Gasteiger partial charge >= 0.3 is 5.97 Å². The summed E-state index contributed by atoms with van der Waals surface area (Å²) in [5, 5.41) is 11.8. The van der Waals surface area contributed by atoms with Crippen LogP contribution in [0.15, 0.2) is 18.2 Å². The summed E-state index contributed by atoms with van der Waals surface area (Å²) >= 11 is 0. The molecule has 2 rings (SSSR count). The average molecular weight is 393 g/mol. The van der Waals surface area contributed by atoms with E-state index < -0.39 is 34.0 Å². The van der Waals surface area contributed by atoms with E-state index in [4.69, 9.17) is 4.74 Å². The number of carbonyl (C=O) groups is 2. The van der Waals surface area contributed by atoms with Gasteiger partial charge in [0.25, 0.3) is 5.91 Å². The minimum atomic E-state index is -3.36. The van der Waals surface area contributed by atoms with E-state index in [1.54, 1.807) is 32.9 Å². The van der Waals surface area contributed by atoms with Crippen molar-refractivity contribution in [2.45, 2.75) is 32.7 Å². The molecule has 0 aliphatic carbocycles. The maximum atomic E-state index is 12.2. The molecule has 27 heavy (non-hydrogen) atoms. The third-order valence-corrected chi connectivity index (χ3v) is 5.87. The highest BCUT2D eigenvalue weighted by Crippen LogP contribution is 2.30. The molecule has 0 radical (unpaired) electrons. The minimum absolute atomic E-state index is 0.114. The molecule has 1 aromatic rings. The van der Waals surface area contributed by atoms with Gasteiger partial charge in [-0.25, -0.2) is 13.2 Å². The maximum absolute atomic E-state index is 12.2. The molecule has 1 heterocycles. The number of amides is 1. The van der Waals surface area contributed by atoms with Gasteiger partial charge in [0.05, 0.1) is 23.6 Å². The van der Waals surface area contributed by atoms with Crippen LogP contribution in [-0.2, 0) is 26.0 Å². The smallest absolute Gasteiger partial charge is 0.338 e. The third-order valence-electron chi connectivity index (χ3n) is 4.69. The molecular formula is C18H23N3O5S. The van der Waals surface area contributed by atoms with Crippen molar-refractivity contribution < 1.29 is 22.7 Å². The lowest BCUT2D eigenvalue weighted by atomic mass is 9.90. The van der Waals surface area contributed by atoms with Gasteiger partial charge in [-0.05, 0) is 43.0 Å². The van der Waals surface area contributed by atoms with Crippen LogP contribution in [0.3, 0.4) is 0 Å². The summed E-state index contributed by atoms with van der Waals surface area (Å²) in [5.41, 5.74) is 0.472. The van der Waals surface area contributed by atoms with Crippen LogP contribution in [0.5, 0.6) is 0 Å². The zero-order valence-corrected chi connectivity index (χ0v) is 16.6. The molecule has 1 aliphatic heterocycles. The van der Waals surface area contributed by atoms with Crippen LogP contribution in [-0.4, -0.2) is 45.2 Å². The fourth-order valence-corrected chi connectivity index (χ4v) is 3.64. The van der Waals surface area contributed by atoms with Crippen molar-refractivity contribution in [3.8, 4) is 6.07 Å². The van der Waals surface area contributed by atoms with Crippen molar-refractivity contribution in [2.75, 3.05) is 23.7 Å². The van der Waals surface area contributed by atoms with Gasteiger partial charge in [-0.3, -0.25) is 9.10 Å². The van der Waals surface area contributed by atoms with Crippen molar-refractivity contribution >= 4 is 27.6 Å². The van der Waals surface area contributed by atoms with Crippen molar-refractivity contribution in [3.63, 3.8) is 0 Å². The lowest BCUT2D eigenvalue weighted by Gasteiger charge is -2.27. The second-order valence-corrected chi connectivity index (χ2v) is 8.93. The summed E-state index contributed by atoms with van der Waals surface area (Å²) in [6.45, 7) is 5.04. The van der Waals surface area contributed by atoms with Crippen molar-refractivity contribution in [1.82, 2.24) is 5.32 Å². The molecule has 1 amide bonds. The molecule has 146 valence electrons. The van der Waals surface area contributed by atoms with Gasteiger partial charge < -0.3 is 10.1 Å². The Kier molecular flexibility index (Phi) is 5.80. The second kappa shape index (κ2) is 7.56. The molecule has 0 saturated heterocycles. The van der Waals surface area contributed by atoms with Crippen molar-refractivity contribution in [1.29, 1.82) is 5.26 Å². The molecule has 1 N–H and O–H groups in total. The van der Waals surface area contributed by atoms with Crippen LogP contribution in [0, 0.1) is 17.2 Å². The van der Waals surface area contributed by atoms with Gasteiger partial charge in [0.1, 0.15) is 5.54 Å². The van der Waals surface area contributed by atoms with Crippen molar-refractivity contribution in [3.05, 3.63) is 29.3 Å². The highest BCUT2D eigenvalue weighted by atomic mass is 32.2. The minimum Gasteiger partial charge on any atom is -0.452 e. The standard InChI is InChI=1S/C18H23N3O5S/c1-12(2)18(3,11-19)20-16(22)10-26-17(23)14-5-6-15-13(9-14)7-8-21(15)27(4,24)25/h5-6,9,12H,7-8,10H2,1-4H3,(H,20,22)/t18-/m1/s1. The second-order valence-electron chi connectivity index (χ2n) is 7.02. The van der Waals surface area contributed by atoms with Gasteiger partial charge in [0.2, 0.25) is 10.0 Å². The van der Waals surface area contributed by atoms with Gasteiger partial charge in [-0.1, -0.05) is 13.8 Å². The molecule has 0 spiro atoms. The topological polar surface area (TPSA) is 117 Å². The quantitative estimate of drug-likeness (QED) is 0.727. The number of nitriles is 1. The summed E-state index contributed by atoms with van der Waals surface area (Å²) < 4.78 is 29.8. The Morgan fingerprint density at radius 3 is 2.63 bits per heavy atom.